The van der Waals surface area contributed by atoms with Crippen LogP contribution in [-0.4, -0.2) is 67.2 Å². The van der Waals surface area contributed by atoms with Gasteiger partial charge >= 0.3 is 6.09 Å². The van der Waals surface area contributed by atoms with Crippen LogP contribution < -0.4 is 5.32 Å². The minimum absolute atomic E-state index is 0.0841. The number of carbonyl (C=O) groups excluding carboxylic acids is 2. The number of ether oxygens (including phenoxy) is 1. The zero-order valence-electron chi connectivity index (χ0n) is 14.1. The highest BCUT2D eigenvalue weighted by molar-refractivity contribution is 5.82. The molecule has 0 bridgehead atoms. The van der Waals surface area contributed by atoms with Crippen LogP contribution in [0.2, 0.25) is 0 Å². The monoisotopic (exact) mass is 309 g/mol. The van der Waals surface area contributed by atoms with Gasteiger partial charge in [0, 0.05) is 7.05 Å². The predicted molar refractivity (Wildman–Crippen MR) is 85.3 cm³/mol. The molecule has 0 aromatic heterocycles. The standard InChI is InChI=1S/C16H27N3O3/c1-16(2,3)22-15(21)17-13-14(20)18(4)9-5-6-10-19-11-7-8-12-19/h7-13H2,1-4H3,(H,17,21). The molecule has 0 atom stereocenters. The molecule has 0 aromatic carbocycles. The van der Waals surface area contributed by atoms with Crippen LogP contribution in [0.1, 0.15) is 33.6 Å². The van der Waals surface area contributed by atoms with Crippen LogP contribution in [0.25, 0.3) is 0 Å². The van der Waals surface area contributed by atoms with Crippen molar-refractivity contribution in [1.82, 2.24) is 15.1 Å². The van der Waals surface area contributed by atoms with Crippen molar-refractivity contribution < 1.29 is 14.3 Å². The fourth-order valence-electron chi connectivity index (χ4n) is 1.97. The molecule has 0 radical (unpaired) electrons. The van der Waals surface area contributed by atoms with Gasteiger partial charge in [0.2, 0.25) is 5.91 Å². The average Bonchev–Trinajstić information content (AvgIpc) is 2.92. The number of nitrogens with zero attached hydrogens (tertiary/aromatic N) is 2. The Morgan fingerprint density at radius 3 is 2.45 bits per heavy atom. The molecular formula is C16H27N3O3. The van der Waals surface area contributed by atoms with Crippen molar-refractivity contribution >= 4 is 12.0 Å². The number of rotatable bonds is 4. The fourth-order valence-corrected chi connectivity index (χ4v) is 1.97. The third kappa shape index (κ3) is 7.89. The number of likely N-dealkylation sites (tertiary alicyclic amines) is 1. The first-order valence-electron chi connectivity index (χ1n) is 7.67. The number of likely N-dealkylation sites (N-methyl/N-ethyl adjacent to an activating group) is 1. The molecular weight excluding hydrogens is 282 g/mol. The highest BCUT2D eigenvalue weighted by Gasteiger charge is 2.17. The second-order valence-electron chi connectivity index (χ2n) is 6.44. The summed E-state index contributed by atoms with van der Waals surface area (Å²) in [6.07, 6.45) is 1.90. The predicted octanol–water partition coefficient (Wildman–Crippen LogP) is 1.07. The van der Waals surface area contributed by atoms with Crippen LogP contribution in [0.15, 0.2) is 0 Å². The van der Waals surface area contributed by atoms with Gasteiger partial charge in [-0.3, -0.25) is 9.69 Å². The maximum atomic E-state index is 11.8. The van der Waals surface area contributed by atoms with Crippen LogP contribution in [0.3, 0.4) is 0 Å². The number of amides is 2. The van der Waals surface area contributed by atoms with E-state index in [4.69, 9.17) is 4.74 Å². The lowest BCUT2D eigenvalue weighted by Gasteiger charge is -2.20. The van der Waals surface area contributed by atoms with Crippen molar-refractivity contribution in [2.75, 3.05) is 39.8 Å². The molecule has 0 aliphatic carbocycles. The van der Waals surface area contributed by atoms with Gasteiger partial charge in [-0.1, -0.05) is 11.8 Å². The Morgan fingerprint density at radius 1 is 1.23 bits per heavy atom. The van der Waals surface area contributed by atoms with E-state index in [0.717, 1.165) is 19.6 Å². The third-order valence-electron chi connectivity index (χ3n) is 3.15. The van der Waals surface area contributed by atoms with Gasteiger partial charge in [-0.15, -0.1) is 0 Å². The number of hydrogen-bond donors (Lipinski definition) is 1. The number of alkyl carbamates (subject to hydrolysis) is 1. The molecule has 0 aromatic rings. The molecule has 1 fully saturated rings. The second-order valence-corrected chi connectivity index (χ2v) is 6.44. The van der Waals surface area contributed by atoms with E-state index in [2.05, 4.69) is 22.1 Å². The summed E-state index contributed by atoms with van der Waals surface area (Å²) in [6.45, 7) is 8.59. The molecule has 0 spiro atoms. The zero-order valence-corrected chi connectivity index (χ0v) is 14.1. The fraction of sp³-hybridized carbons (Fsp3) is 0.750. The molecule has 6 heteroatoms. The summed E-state index contributed by atoms with van der Waals surface area (Å²) < 4.78 is 5.07. The molecule has 1 heterocycles. The Labute approximate surface area is 133 Å². The van der Waals surface area contributed by atoms with E-state index in [1.54, 1.807) is 27.8 Å². The minimum Gasteiger partial charge on any atom is -0.444 e. The van der Waals surface area contributed by atoms with Crippen molar-refractivity contribution in [3.63, 3.8) is 0 Å². The normalized spacial score (nSPS) is 14.9. The highest BCUT2D eigenvalue weighted by atomic mass is 16.6. The Bertz CT molecular complexity index is 440. The van der Waals surface area contributed by atoms with E-state index in [1.165, 1.54) is 17.7 Å². The topological polar surface area (TPSA) is 61.9 Å². The zero-order chi connectivity index (χ0) is 16.6. The van der Waals surface area contributed by atoms with Gasteiger partial charge < -0.3 is 15.0 Å². The molecule has 124 valence electrons. The van der Waals surface area contributed by atoms with Crippen molar-refractivity contribution in [2.24, 2.45) is 0 Å². The quantitative estimate of drug-likeness (QED) is 0.789. The van der Waals surface area contributed by atoms with Crippen LogP contribution >= 0.6 is 0 Å². The molecule has 2 amide bonds. The molecule has 1 N–H and O–H groups in total. The summed E-state index contributed by atoms with van der Waals surface area (Å²) in [6, 6.07) is 0. The van der Waals surface area contributed by atoms with E-state index in [1.807, 2.05) is 0 Å². The molecule has 22 heavy (non-hydrogen) atoms. The summed E-state index contributed by atoms with van der Waals surface area (Å²) in [5, 5.41) is 2.45. The van der Waals surface area contributed by atoms with E-state index in [9.17, 15) is 9.59 Å². The van der Waals surface area contributed by atoms with Gasteiger partial charge in [0.05, 0.1) is 13.1 Å². The summed E-state index contributed by atoms with van der Waals surface area (Å²) in [4.78, 5) is 27.1. The van der Waals surface area contributed by atoms with Crippen LogP contribution in [0.5, 0.6) is 0 Å². The van der Waals surface area contributed by atoms with E-state index < -0.39 is 11.7 Å². The summed E-state index contributed by atoms with van der Waals surface area (Å²) in [5.41, 5.74) is -0.569. The van der Waals surface area contributed by atoms with Crippen LogP contribution in [0, 0.1) is 11.8 Å². The molecule has 1 aliphatic rings. The molecule has 6 nitrogen and oxygen atoms in total. The highest BCUT2D eigenvalue weighted by Crippen LogP contribution is 2.06. The Kier molecular flexibility index (Phi) is 7.19. The summed E-state index contributed by atoms with van der Waals surface area (Å²) in [7, 11) is 1.67. The largest absolute Gasteiger partial charge is 0.444 e. The Morgan fingerprint density at radius 2 is 1.86 bits per heavy atom. The van der Waals surface area contributed by atoms with Crippen molar-refractivity contribution in [3.05, 3.63) is 0 Å². The summed E-state index contributed by atoms with van der Waals surface area (Å²) >= 11 is 0. The third-order valence-corrected chi connectivity index (χ3v) is 3.15. The van der Waals surface area contributed by atoms with Gasteiger partial charge in [0.15, 0.2) is 0 Å². The maximum Gasteiger partial charge on any atom is 0.408 e. The van der Waals surface area contributed by atoms with Crippen LogP contribution in [0.4, 0.5) is 4.79 Å². The van der Waals surface area contributed by atoms with Gasteiger partial charge in [0.25, 0.3) is 0 Å². The van der Waals surface area contributed by atoms with Crippen molar-refractivity contribution in [3.8, 4) is 11.8 Å². The van der Waals surface area contributed by atoms with Gasteiger partial charge in [-0.2, -0.15) is 0 Å². The molecule has 0 unspecified atom stereocenters. The molecule has 1 saturated heterocycles. The maximum absolute atomic E-state index is 11.8. The molecule has 1 aliphatic heterocycles. The van der Waals surface area contributed by atoms with Gasteiger partial charge in [-0.25, -0.2) is 4.79 Å². The van der Waals surface area contributed by atoms with Gasteiger partial charge in [0.1, 0.15) is 12.1 Å². The number of nitrogens with one attached hydrogen (secondary N) is 1. The smallest absolute Gasteiger partial charge is 0.408 e. The number of carbonyl (C=O) groups is 2. The van der Waals surface area contributed by atoms with Crippen molar-refractivity contribution in [2.45, 2.75) is 39.2 Å². The summed E-state index contributed by atoms with van der Waals surface area (Å²) in [5.74, 6) is 5.87. The lowest BCUT2D eigenvalue weighted by molar-refractivity contribution is -0.128. The number of hydrogen-bond acceptors (Lipinski definition) is 4. The van der Waals surface area contributed by atoms with Crippen LogP contribution in [-0.2, 0) is 9.53 Å². The SMILES string of the molecule is CN(CC#CCN1CCCC1)C(=O)CNC(=O)OC(C)(C)C. The minimum atomic E-state index is -0.589. The Balaban J connectivity index is 2.21. The van der Waals surface area contributed by atoms with Crippen molar-refractivity contribution in [1.29, 1.82) is 0 Å². The molecule has 1 rings (SSSR count). The van der Waals surface area contributed by atoms with Gasteiger partial charge in [-0.05, 0) is 46.7 Å². The van der Waals surface area contributed by atoms with E-state index >= 15 is 0 Å². The van der Waals surface area contributed by atoms with E-state index in [0.29, 0.717) is 6.54 Å². The lowest BCUT2D eigenvalue weighted by Crippen LogP contribution is -2.40. The first-order valence-corrected chi connectivity index (χ1v) is 7.67. The van der Waals surface area contributed by atoms with E-state index in [-0.39, 0.29) is 12.5 Å². The average molecular weight is 309 g/mol. The second kappa shape index (κ2) is 8.64. The first-order chi connectivity index (χ1) is 10.3. The molecule has 0 saturated carbocycles. The first kappa shape index (κ1) is 18.3. The lowest BCUT2D eigenvalue weighted by atomic mass is 10.2. The Hall–Kier alpha value is -1.74.